The maximum atomic E-state index is 16.4. The fourth-order valence-electron chi connectivity index (χ4n) is 4.52. The van der Waals surface area contributed by atoms with Crippen molar-refractivity contribution >= 4 is 22.6 Å². The van der Waals surface area contributed by atoms with Gasteiger partial charge in [0, 0.05) is 19.7 Å². The van der Waals surface area contributed by atoms with Crippen LogP contribution in [0.4, 0.5) is 10.1 Å². The van der Waals surface area contributed by atoms with Crippen LogP contribution in [0.25, 0.3) is 22.4 Å². The summed E-state index contributed by atoms with van der Waals surface area (Å²) in [7, 11) is 3.25. The highest BCUT2D eigenvalue weighted by molar-refractivity contribution is 5.94. The van der Waals surface area contributed by atoms with Crippen LogP contribution >= 0.6 is 0 Å². The van der Waals surface area contributed by atoms with Crippen LogP contribution < -0.4 is 19.1 Å². The van der Waals surface area contributed by atoms with E-state index in [2.05, 4.69) is 20.8 Å². The van der Waals surface area contributed by atoms with E-state index in [1.165, 1.54) is 14.0 Å². The van der Waals surface area contributed by atoms with Crippen molar-refractivity contribution in [2.24, 2.45) is 0 Å². The zero-order valence-electron chi connectivity index (χ0n) is 23.2. The fraction of sp³-hybridized carbons (Fsp3) is 0.517. The zero-order valence-corrected chi connectivity index (χ0v) is 23.2. The third-order valence-electron chi connectivity index (χ3n) is 6.95. The number of anilines is 1. The minimum Gasteiger partial charge on any atom is -0.493 e. The SMILES string of the molecule is CCCCOc1c(OC)cc(-c2nc3cc(N(C)C(C)=O)ccc3n2C2(C)COC2)c(F)c1OCCCC. The van der Waals surface area contributed by atoms with Crippen LogP contribution in [0.2, 0.25) is 0 Å². The summed E-state index contributed by atoms with van der Waals surface area (Å²) in [6.45, 7) is 9.41. The van der Waals surface area contributed by atoms with Crippen molar-refractivity contribution in [3.8, 4) is 28.6 Å². The Morgan fingerprint density at radius 1 is 1.13 bits per heavy atom. The second-order valence-electron chi connectivity index (χ2n) is 10.0. The van der Waals surface area contributed by atoms with E-state index >= 15 is 4.39 Å². The lowest BCUT2D eigenvalue weighted by Gasteiger charge is -2.41. The predicted octanol–water partition coefficient (Wildman–Crippen LogP) is 5.94. The first-order chi connectivity index (χ1) is 18.3. The van der Waals surface area contributed by atoms with Crippen molar-refractivity contribution < 1.29 is 28.1 Å². The zero-order chi connectivity index (χ0) is 27.4. The van der Waals surface area contributed by atoms with Crippen molar-refractivity contribution in [2.45, 2.75) is 58.9 Å². The maximum absolute atomic E-state index is 16.4. The van der Waals surface area contributed by atoms with E-state index < -0.39 is 11.4 Å². The van der Waals surface area contributed by atoms with Crippen molar-refractivity contribution in [2.75, 3.05) is 45.5 Å². The van der Waals surface area contributed by atoms with Crippen molar-refractivity contribution in [3.63, 3.8) is 0 Å². The normalized spacial score (nSPS) is 14.3. The molecule has 2 heterocycles. The molecule has 3 aromatic rings. The number of nitrogens with zero attached hydrogens (tertiary/aromatic N) is 3. The minimum absolute atomic E-state index is 0.0366. The Morgan fingerprint density at radius 2 is 1.79 bits per heavy atom. The first-order valence-electron chi connectivity index (χ1n) is 13.3. The molecule has 206 valence electrons. The summed E-state index contributed by atoms with van der Waals surface area (Å²) < 4.78 is 41.6. The number of benzene rings is 2. The summed E-state index contributed by atoms with van der Waals surface area (Å²) in [6, 6.07) is 7.26. The summed E-state index contributed by atoms with van der Waals surface area (Å²) in [5, 5.41) is 0. The van der Waals surface area contributed by atoms with Crippen molar-refractivity contribution in [3.05, 3.63) is 30.1 Å². The molecule has 0 saturated carbocycles. The number of halogens is 1. The fourth-order valence-corrected chi connectivity index (χ4v) is 4.52. The summed E-state index contributed by atoms with van der Waals surface area (Å²) >= 11 is 0. The number of carbonyl (C=O) groups is 1. The maximum Gasteiger partial charge on any atom is 0.223 e. The monoisotopic (exact) mass is 527 g/mol. The summed E-state index contributed by atoms with van der Waals surface area (Å²) in [5.74, 6) is 0.486. The second-order valence-corrected chi connectivity index (χ2v) is 10.0. The number of amides is 1. The Bertz CT molecular complexity index is 1300. The third kappa shape index (κ3) is 5.16. The van der Waals surface area contributed by atoms with Crippen LogP contribution in [-0.2, 0) is 15.1 Å². The van der Waals surface area contributed by atoms with Crippen molar-refractivity contribution in [1.29, 1.82) is 0 Å². The van der Waals surface area contributed by atoms with Gasteiger partial charge in [-0.05, 0) is 44.0 Å². The van der Waals surface area contributed by atoms with E-state index in [4.69, 9.17) is 23.9 Å². The van der Waals surface area contributed by atoms with E-state index in [9.17, 15) is 4.79 Å². The van der Waals surface area contributed by atoms with Crippen molar-refractivity contribution in [1.82, 2.24) is 9.55 Å². The average Bonchev–Trinajstić information content (AvgIpc) is 3.27. The number of imidazole rings is 1. The Hall–Kier alpha value is -3.33. The van der Waals surface area contributed by atoms with Gasteiger partial charge in [-0.25, -0.2) is 9.37 Å². The average molecular weight is 528 g/mol. The molecular formula is C29H38FN3O5. The molecule has 0 unspecified atom stereocenters. The molecule has 38 heavy (non-hydrogen) atoms. The standard InChI is InChI=1S/C29H38FN3O5/c1-7-9-13-37-26-24(35-6)16-21(25(30)27(26)38-14-10-8-2)28-31-22-15-20(32(5)19(3)34)11-12-23(22)33(28)29(4)17-36-18-29/h11-12,15-16H,7-10,13-14,17-18H2,1-6H3. The molecule has 0 bridgehead atoms. The largest absolute Gasteiger partial charge is 0.493 e. The lowest BCUT2D eigenvalue weighted by atomic mass is 9.98. The van der Waals surface area contributed by atoms with Crippen LogP contribution in [0.15, 0.2) is 24.3 Å². The Morgan fingerprint density at radius 3 is 2.34 bits per heavy atom. The van der Waals surface area contributed by atoms with E-state index in [0.29, 0.717) is 49.2 Å². The number of aromatic nitrogens is 2. The van der Waals surface area contributed by atoms with E-state index in [-0.39, 0.29) is 23.0 Å². The molecule has 1 aromatic heterocycles. The molecule has 1 aliphatic heterocycles. The number of fused-ring (bicyclic) bond motifs is 1. The van der Waals surface area contributed by atoms with Crippen LogP contribution in [0.3, 0.4) is 0 Å². The molecule has 1 saturated heterocycles. The number of methoxy groups -OCH3 is 1. The lowest BCUT2D eigenvalue weighted by molar-refractivity contribution is -0.116. The molecule has 1 amide bonds. The first kappa shape index (κ1) is 27.7. The first-order valence-corrected chi connectivity index (χ1v) is 13.3. The molecular weight excluding hydrogens is 489 g/mol. The van der Waals surface area contributed by atoms with E-state index in [0.717, 1.165) is 31.2 Å². The third-order valence-corrected chi connectivity index (χ3v) is 6.95. The Labute approximate surface area is 223 Å². The molecule has 1 aliphatic rings. The van der Waals surface area contributed by atoms with Gasteiger partial charge in [0.2, 0.25) is 17.4 Å². The molecule has 0 N–H and O–H groups in total. The minimum atomic E-state index is -0.546. The lowest BCUT2D eigenvalue weighted by Crippen LogP contribution is -2.49. The molecule has 4 rings (SSSR count). The molecule has 0 spiro atoms. The van der Waals surface area contributed by atoms with Gasteiger partial charge in [-0.3, -0.25) is 4.79 Å². The highest BCUT2D eigenvalue weighted by Gasteiger charge is 2.40. The van der Waals surface area contributed by atoms with E-state index in [1.54, 1.807) is 18.0 Å². The van der Waals surface area contributed by atoms with Crippen LogP contribution in [0.5, 0.6) is 17.2 Å². The van der Waals surface area contributed by atoms with Gasteiger partial charge >= 0.3 is 0 Å². The number of rotatable bonds is 12. The predicted molar refractivity (Wildman–Crippen MR) is 146 cm³/mol. The van der Waals surface area contributed by atoms with Gasteiger partial charge in [0.05, 0.1) is 55.7 Å². The van der Waals surface area contributed by atoms with Gasteiger partial charge in [-0.1, -0.05) is 26.7 Å². The number of unbranched alkanes of at least 4 members (excludes halogenated alkanes) is 2. The molecule has 2 aromatic carbocycles. The highest BCUT2D eigenvalue weighted by Crippen LogP contribution is 2.46. The molecule has 0 atom stereocenters. The molecule has 1 fully saturated rings. The number of ether oxygens (including phenoxy) is 4. The Balaban J connectivity index is 1.93. The Kier molecular flexibility index (Phi) is 8.45. The quantitative estimate of drug-likeness (QED) is 0.272. The van der Waals surface area contributed by atoms with Gasteiger partial charge in [0.25, 0.3) is 0 Å². The topological polar surface area (TPSA) is 75.1 Å². The van der Waals surface area contributed by atoms with E-state index in [1.807, 2.05) is 22.8 Å². The van der Waals surface area contributed by atoms with Gasteiger partial charge in [-0.15, -0.1) is 0 Å². The van der Waals surface area contributed by atoms with Crippen LogP contribution in [0.1, 0.15) is 53.4 Å². The van der Waals surface area contributed by atoms with Gasteiger partial charge in [-0.2, -0.15) is 0 Å². The summed E-state index contributed by atoms with van der Waals surface area (Å²) in [4.78, 5) is 18.4. The molecule has 9 heteroatoms. The summed E-state index contributed by atoms with van der Waals surface area (Å²) in [5.41, 5.74) is 2.01. The summed E-state index contributed by atoms with van der Waals surface area (Å²) in [6.07, 6.45) is 3.46. The molecule has 0 aliphatic carbocycles. The van der Waals surface area contributed by atoms with Gasteiger partial charge in [0.15, 0.2) is 11.6 Å². The number of carbonyl (C=O) groups excluding carboxylic acids is 1. The highest BCUT2D eigenvalue weighted by atomic mass is 19.1. The number of hydrogen-bond acceptors (Lipinski definition) is 6. The second kappa shape index (κ2) is 11.6. The smallest absolute Gasteiger partial charge is 0.223 e. The van der Waals surface area contributed by atoms with Gasteiger partial charge < -0.3 is 28.4 Å². The number of hydrogen-bond donors (Lipinski definition) is 0. The van der Waals surface area contributed by atoms with Crippen LogP contribution in [-0.4, -0.2) is 56.0 Å². The molecule has 0 radical (unpaired) electrons. The van der Waals surface area contributed by atoms with Crippen LogP contribution in [0, 0.1) is 5.82 Å². The van der Waals surface area contributed by atoms with Gasteiger partial charge in [0.1, 0.15) is 5.82 Å². The molecule has 8 nitrogen and oxygen atoms in total.